The monoisotopic (exact) mass is 792 g/mol. The van der Waals surface area contributed by atoms with Gasteiger partial charge in [-0.15, -0.1) is 22.7 Å². The first-order chi connectivity index (χ1) is 26.4. The molecule has 306 valence electrons. The number of aldehydes is 1. The van der Waals surface area contributed by atoms with Crippen molar-refractivity contribution in [3.05, 3.63) is 117 Å². The second-order valence-corrected chi connectivity index (χ2v) is 14.8. The number of aryl methyl sites for hydroxylation is 1. The van der Waals surface area contributed by atoms with Crippen molar-refractivity contribution in [2.75, 3.05) is 39.6 Å². The number of nitrogens with one attached hydrogen (secondary N) is 1. The van der Waals surface area contributed by atoms with Gasteiger partial charge in [0.05, 0.1) is 0 Å². The zero-order chi connectivity index (χ0) is 42.3. The van der Waals surface area contributed by atoms with Crippen molar-refractivity contribution < 1.29 is 19.8 Å². The predicted octanol–water partition coefficient (Wildman–Crippen LogP) is 11.9. The first kappa shape index (κ1) is 55.3. The van der Waals surface area contributed by atoms with Crippen LogP contribution in [-0.4, -0.2) is 61.5 Å². The molecule has 8 heteroatoms. The average molecular weight is 793 g/mol. The van der Waals surface area contributed by atoms with Gasteiger partial charge in [0.25, 0.3) is 0 Å². The van der Waals surface area contributed by atoms with Gasteiger partial charge in [-0.2, -0.15) is 0 Å². The Bertz CT molecular complexity index is 1480. The Labute approximate surface area is 343 Å². The van der Waals surface area contributed by atoms with Gasteiger partial charge in [-0.3, -0.25) is 0 Å². The van der Waals surface area contributed by atoms with Crippen molar-refractivity contribution in [1.29, 1.82) is 0 Å². The molecule has 2 atom stereocenters. The summed E-state index contributed by atoms with van der Waals surface area (Å²) in [6, 6.07) is 16.7. The molecule has 2 aromatic heterocycles. The minimum atomic E-state index is -0.122. The van der Waals surface area contributed by atoms with Crippen LogP contribution < -0.4 is 5.32 Å². The normalized spacial score (nSPS) is 11.3. The summed E-state index contributed by atoms with van der Waals surface area (Å²) >= 11 is 3.57. The third-order valence-electron chi connectivity index (χ3n) is 7.32. The summed E-state index contributed by atoms with van der Waals surface area (Å²) in [5.41, 5.74) is 4.55. The highest BCUT2D eigenvalue weighted by atomic mass is 32.1. The molecule has 2 unspecified atom stereocenters. The van der Waals surface area contributed by atoms with Crippen molar-refractivity contribution in [2.45, 2.75) is 93.9 Å². The maximum Gasteiger partial charge on any atom is 0.130 e. The summed E-state index contributed by atoms with van der Waals surface area (Å²) in [6.07, 6.45) is 18.8. The van der Waals surface area contributed by atoms with Crippen LogP contribution >= 0.6 is 22.7 Å². The topological polar surface area (TPSA) is 89.9 Å². The molecule has 0 spiro atoms. The van der Waals surface area contributed by atoms with Crippen LogP contribution in [-0.2, 0) is 22.4 Å². The molecule has 1 aromatic carbocycles. The first-order valence-corrected chi connectivity index (χ1v) is 20.9. The molecule has 2 heterocycles. The number of ketones is 1. The van der Waals surface area contributed by atoms with E-state index in [0.29, 0.717) is 24.7 Å². The highest BCUT2D eigenvalue weighted by molar-refractivity contribution is 7.10. The number of carbonyl (C=O) groups is 2. The first-order valence-electron chi connectivity index (χ1n) is 19.1. The number of aliphatic hydroxyl groups excluding tert-OH is 2. The molecule has 0 bridgehead atoms. The third-order valence-corrected chi connectivity index (χ3v) is 9.28. The highest BCUT2D eigenvalue weighted by Gasteiger charge is 2.09. The second-order valence-electron chi connectivity index (χ2n) is 12.7. The van der Waals surface area contributed by atoms with Crippen LogP contribution in [0.4, 0.5) is 5.69 Å². The van der Waals surface area contributed by atoms with Crippen LogP contribution in [0, 0.1) is 23.9 Å². The number of Topliss-reactive ketones (excluding diaryl/α,β-unsaturated/α-hetero) is 1. The smallest absolute Gasteiger partial charge is 0.130 e. The zero-order valence-corrected chi connectivity index (χ0v) is 37.4. The Kier molecular flexibility index (Phi) is 39.9. The minimum Gasteiger partial charge on any atom is -0.462 e. The molecule has 0 saturated carbocycles. The molecule has 0 saturated heterocycles. The maximum absolute atomic E-state index is 10.8. The van der Waals surface area contributed by atoms with Crippen LogP contribution in [0.2, 0.25) is 0 Å². The Balaban J connectivity index is -0.000000669. The molecular formula is C47H72N2O4S2. The number of allylic oxidation sites excluding steroid dienone is 6. The van der Waals surface area contributed by atoms with Crippen molar-refractivity contribution in [3.63, 3.8) is 0 Å². The lowest BCUT2D eigenvalue weighted by Gasteiger charge is -2.18. The summed E-state index contributed by atoms with van der Waals surface area (Å²) < 4.78 is 0. The van der Waals surface area contributed by atoms with E-state index in [1.807, 2.05) is 57.5 Å². The number of anilines is 1. The lowest BCUT2D eigenvalue weighted by Crippen LogP contribution is -2.28. The zero-order valence-electron chi connectivity index (χ0n) is 35.7. The van der Waals surface area contributed by atoms with E-state index >= 15 is 0 Å². The molecule has 0 aliphatic carbocycles. The van der Waals surface area contributed by atoms with Gasteiger partial charge in [-0.05, 0) is 92.7 Å². The van der Waals surface area contributed by atoms with E-state index in [0.717, 1.165) is 50.5 Å². The molecule has 3 N–H and O–H groups in total. The van der Waals surface area contributed by atoms with Crippen LogP contribution in [0.3, 0.4) is 0 Å². The Hall–Kier alpha value is -4.00. The molecule has 55 heavy (non-hydrogen) atoms. The van der Waals surface area contributed by atoms with Gasteiger partial charge in [0.15, 0.2) is 0 Å². The van der Waals surface area contributed by atoms with E-state index in [2.05, 4.69) is 135 Å². The fourth-order valence-corrected chi connectivity index (χ4v) is 5.52. The lowest BCUT2D eigenvalue weighted by molar-refractivity contribution is -0.117. The van der Waals surface area contributed by atoms with Crippen molar-refractivity contribution in [2.24, 2.45) is 11.8 Å². The fourth-order valence-electron chi connectivity index (χ4n) is 4.17. The van der Waals surface area contributed by atoms with Gasteiger partial charge in [0, 0.05) is 61.4 Å². The summed E-state index contributed by atoms with van der Waals surface area (Å²) in [5.74, 6) is 3.28. The molecular weight excluding hydrogens is 721 g/mol. The van der Waals surface area contributed by atoms with Crippen LogP contribution in [0.15, 0.2) is 101 Å². The molecule has 0 amide bonds. The van der Waals surface area contributed by atoms with Crippen LogP contribution in [0.25, 0.3) is 6.08 Å². The lowest BCUT2D eigenvalue weighted by atomic mass is 10.0. The number of carbonyl (C=O) groups excluding carboxylic acids is 2. The SMILES string of the molecule is C=C(C)\C=C/C(/C=C/c1ccc(NC)cc1)=C\C.CCC.CCC(C)CC(C)=O.CCc1cccs1.CN(CCc1cccs1)CC(C=O)CC#CO.CO. The summed E-state index contributed by atoms with van der Waals surface area (Å²) in [4.78, 5) is 26.2. The van der Waals surface area contributed by atoms with Crippen molar-refractivity contribution in [1.82, 2.24) is 4.90 Å². The van der Waals surface area contributed by atoms with Gasteiger partial charge < -0.3 is 30.0 Å². The van der Waals surface area contributed by atoms with Gasteiger partial charge in [0.2, 0.25) is 0 Å². The average Bonchev–Trinajstić information content (AvgIpc) is 3.93. The third kappa shape index (κ3) is 35.5. The van der Waals surface area contributed by atoms with E-state index in [-0.39, 0.29) is 5.92 Å². The van der Waals surface area contributed by atoms with Crippen molar-refractivity contribution >= 4 is 46.5 Å². The van der Waals surface area contributed by atoms with E-state index in [1.165, 1.54) is 33.7 Å². The maximum atomic E-state index is 10.8. The molecule has 6 nitrogen and oxygen atoms in total. The van der Waals surface area contributed by atoms with E-state index in [4.69, 9.17) is 10.2 Å². The Morgan fingerprint density at radius 1 is 0.964 bits per heavy atom. The number of aliphatic hydroxyl groups is 2. The highest BCUT2D eigenvalue weighted by Crippen LogP contribution is 2.13. The number of rotatable bonds is 16. The van der Waals surface area contributed by atoms with E-state index < -0.39 is 0 Å². The molecule has 0 aliphatic rings. The number of benzene rings is 1. The fraction of sp³-hybridized carbons (Fsp3) is 0.447. The molecule has 0 aliphatic heterocycles. The quantitative estimate of drug-likeness (QED) is 0.0760. The van der Waals surface area contributed by atoms with Gasteiger partial charge in [-0.1, -0.05) is 120 Å². The van der Waals surface area contributed by atoms with E-state index in [1.54, 1.807) is 18.3 Å². The molecule has 3 rings (SSSR count). The van der Waals surface area contributed by atoms with Crippen molar-refractivity contribution in [3.8, 4) is 12.0 Å². The minimum absolute atomic E-state index is 0.122. The van der Waals surface area contributed by atoms with Crippen LogP contribution in [0.5, 0.6) is 0 Å². The summed E-state index contributed by atoms with van der Waals surface area (Å²) in [7, 11) is 4.92. The van der Waals surface area contributed by atoms with Crippen LogP contribution in [0.1, 0.15) is 96.4 Å². The number of nitrogens with zero attached hydrogens (tertiary/aromatic N) is 1. The summed E-state index contributed by atoms with van der Waals surface area (Å²) in [5, 5.41) is 22.7. The Morgan fingerprint density at radius 2 is 1.55 bits per heavy atom. The number of hydrogen-bond acceptors (Lipinski definition) is 8. The number of thiophene rings is 2. The standard InChI is InChI=1S/C17H21N.C13H17NO2S.C7H14O.C6H8S.C3H8.CH4O/c1-5-15(7-6-14(2)3)8-9-16-10-12-17(18-4)13-11-16;1-14(7-6-13-5-3-9-17-13)10-12(11-16)4-2-8-15;1-4-6(2)5-7(3)8;1-2-6-4-3-5-7-6;1-3-2;1-2/h5-13,18H,2H2,1,3-4H3;3,5,9,11-12,15H,4,6-7,10H2,1H3;6H,4-5H2,1-3H3;3-5H,2H2,1H3;3H2,1-2H3;2H,1H3/b7-6-,9-8+,15-5+;;;;;. The second kappa shape index (κ2) is 39.7. The van der Waals surface area contributed by atoms with Gasteiger partial charge in [-0.25, -0.2) is 0 Å². The predicted molar refractivity (Wildman–Crippen MR) is 245 cm³/mol. The largest absolute Gasteiger partial charge is 0.462 e. The molecule has 0 radical (unpaired) electrons. The van der Waals surface area contributed by atoms with Gasteiger partial charge in [0.1, 0.15) is 18.2 Å². The number of hydrogen-bond donors (Lipinski definition) is 3. The number of likely N-dealkylation sites (N-methyl/N-ethyl adjacent to an activating group) is 1. The molecule has 0 fully saturated rings. The van der Waals surface area contributed by atoms with Gasteiger partial charge >= 0.3 is 0 Å². The Morgan fingerprint density at radius 3 is 1.93 bits per heavy atom. The summed E-state index contributed by atoms with van der Waals surface area (Å²) in [6.45, 7) is 21.8. The molecule has 3 aromatic rings. The van der Waals surface area contributed by atoms with E-state index in [9.17, 15) is 9.59 Å².